The van der Waals surface area contributed by atoms with Gasteiger partial charge in [-0.05, 0) is 50.6 Å². The number of carbonyl (C=O) groups excluding carboxylic acids is 6. The summed E-state index contributed by atoms with van der Waals surface area (Å²) >= 11 is 0. The van der Waals surface area contributed by atoms with Gasteiger partial charge in [-0.25, -0.2) is 0 Å². The summed E-state index contributed by atoms with van der Waals surface area (Å²) in [4.78, 5) is 83.8. The van der Waals surface area contributed by atoms with Crippen LogP contribution in [0.15, 0.2) is 16.3 Å². The van der Waals surface area contributed by atoms with Gasteiger partial charge < -0.3 is 38.9 Å². The van der Waals surface area contributed by atoms with E-state index in [4.69, 9.17) is 4.74 Å². The average Bonchev–Trinajstić information content (AvgIpc) is 4.04. The van der Waals surface area contributed by atoms with Gasteiger partial charge in [-0.2, -0.15) is 0 Å². The predicted octanol–water partition coefficient (Wildman–Crippen LogP) is 3.61. The summed E-state index contributed by atoms with van der Waals surface area (Å²) in [5.74, 6) is 3.01. The SMILES string of the molecule is CC1CCOC1=O.CCC(=O)N1CCC2=C(CC(C)=N2)C1.CCC(=O)N1CCC2CN(C)CC2C1.CCC(=O)N1CCN2C(=O)CCC2C1.CCC(=O)N1CCOCC1. The molecule has 0 aliphatic carbocycles. The van der Waals surface area contributed by atoms with Crippen LogP contribution < -0.4 is 0 Å². The van der Waals surface area contributed by atoms with E-state index in [0.29, 0.717) is 63.9 Å². The molecular weight excluding hydrogens is 755 g/mol. The highest BCUT2D eigenvalue weighted by Crippen LogP contribution is 2.31. The molecule has 6 saturated heterocycles. The third-order valence-corrected chi connectivity index (χ3v) is 12.5. The van der Waals surface area contributed by atoms with E-state index in [0.717, 1.165) is 96.4 Å². The minimum atomic E-state index is -0.0417. The second-order valence-electron chi connectivity index (χ2n) is 16.9. The number of hydrogen-bond acceptors (Lipinski definition) is 10. The van der Waals surface area contributed by atoms with Gasteiger partial charge in [0.1, 0.15) is 0 Å². The minimum absolute atomic E-state index is 0.0417. The van der Waals surface area contributed by atoms with E-state index in [-0.39, 0.29) is 35.5 Å². The van der Waals surface area contributed by atoms with Crippen LogP contribution in [0.1, 0.15) is 106 Å². The second kappa shape index (κ2) is 23.8. The van der Waals surface area contributed by atoms with Gasteiger partial charge >= 0.3 is 5.97 Å². The summed E-state index contributed by atoms with van der Waals surface area (Å²) in [7, 11) is 2.18. The Balaban J connectivity index is 0.000000166. The summed E-state index contributed by atoms with van der Waals surface area (Å²) in [5, 5.41) is 0. The van der Waals surface area contributed by atoms with Crippen molar-refractivity contribution in [3.8, 4) is 0 Å². The number of aliphatic imine (C=N–C) groups is 1. The van der Waals surface area contributed by atoms with Gasteiger partial charge in [-0.15, -0.1) is 0 Å². The monoisotopic (exact) mass is 828 g/mol. The molecule has 0 N–H and O–H groups in total. The second-order valence-corrected chi connectivity index (χ2v) is 16.9. The van der Waals surface area contributed by atoms with Crippen molar-refractivity contribution in [1.29, 1.82) is 0 Å². The number of fused-ring (bicyclic) bond motifs is 2. The Bertz CT molecular complexity index is 1530. The third kappa shape index (κ3) is 14.1. The van der Waals surface area contributed by atoms with Gasteiger partial charge in [0.2, 0.25) is 29.5 Å². The Hall–Kier alpha value is -3.85. The molecule has 0 bridgehead atoms. The quantitative estimate of drug-likeness (QED) is 0.387. The number of rotatable bonds is 4. The molecule has 0 aromatic rings. The summed E-state index contributed by atoms with van der Waals surface area (Å²) in [6.45, 7) is 23.4. The fraction of sp³-hybridized carbons (Fsp3) is 0.795. The van der Waals surface area contributed by atoms with Crippen LogP contribution in [0.4, 0.5) is 0 Å². The first kappa shape index (κ1) is 47.8. The molecule has 8 heterocycles. The number of hydrogen-bond donors (Lipinski definition) is 0. The smallest absolute Gasteiger partial charge is 0.308 e. The zero-order chi connectivity index (χ0) is 43.1. The van der Waals surface area contributed by atoms with E-state index in [1.54, 1.807) is 0 Å². The Morgan fingerprint density at radius 1 is 0.661 bits per heavy atom. The highest BCUT2D eigenvalue weighted by atomic mass is 16.5. The van der Waals surface area contributed by atoms with E-state index in [1.807, 2.05) is 54.2 Å². The number of piperidine rings is 1. The van der Waals surface area contributed by atoms with Crippen LogP contribution >= 0.6 is 0 Å². The highest BCUT2D eigenvalue weighted by molar-refractivity contribution is 5.88. The molecular formula is C44H73N7O8. The van der Waals surface area contributed by atoms with E-state index in [2.05, 4.69) is 33.5 Å². The van der Waals surface area contributed by atoms with Crippen LogP contribution in [0.5, 0.6) is 0 Å². The topological polar surface area (TPSA) is 153 Å². The van der Waals surface area contributed by atoms with Crippen molar-refractivity contribution in [3.63, 3.8) is 0 Å². The predicted molar refractivity (Wildman–Crippen MR) is 226 cm³/mol. The molecule has 0 spiro atoms. The molecule has 332 valence electrons. The van der Waals surface area contributed by atoms with E-state index < -0.39 is 0 Å². The van der Waals surface area contributed by atoms with Crippen molar-refractivity contribution in [2.24, 2.45) is 22.7 Å². The molecule has 59 heavy (non-hydrogen) atoms. The van der Waals surface area contributed by atoms with Crippen molar-refractivity contribution >= 4 is 41.2 Å². The molecule has 5 amide bonds. The fourth-order valence-electron chi connectivity index (χ4n) is 8.93. The molecule has 0 aromatic carbocycles. The third-order valence-electron chi connectivity index (χ3n) is 12.5. The van der Waals surface area contributed by atoms with Crippen LogP contribution in [0.2, 0.25) is 0 Å². The standard InChI is InChI=1S/C11H20N2O.C11H16N2O.C10H16N2O2.C7H13NO2.C5H8O2/c1-3-11(14)13-5-4-9-6-12(2)7-10(9)8-13;1-3-11(14)13-5-4-10-9(7-13)6-8(2)12-10;1-2-9(13)11-5-6-12-8(7-11)3-4-10(12)14;1-2-7(9)8-3-5-10-6-4-8;1-4-2-3-7-5(4)6/h9-10H,3-8H2,1-2H3;3-7H2,1-2H3;8H,2-7H2,1H3;2-6H2,1H3;4H,2-3H2,1H3. The largest absolute Gasteiger partial charge is 0.465 e. The van der Waals surface area contributed by atoms with Crippen LogP contribution in [-0.4, -0.2) is 176 Å². The van der Waals surface area contributed by atoms with E-state index >= 15 is 0 Å². The van der Waals surface area contributed by atoms with Crippen LogP contribution in [0.25, 0.3) is 0 Å². The van der Waals surface area contributed by atoms with Crippen molar-refractivity contribution in [3.05, 3.63) is 11.3 Å². The molecule has 8 aliphatic rings. The van der Waals surface area contributed by atoms with Crippen molar-refractivity contribution in [1.82, 2.24) is 29.4 Å². The number of esters is 1. The zero-order valence-corrected chi connectivity index (χ0v) is 37.2. The number of carbonyl (C=O) groups is 6. The van der Waals surface area contributed by atoms with Gasteiger partial charge in [-0.1, -0.05) is 34.6 Å². The van der Waals surface area contributed by atoms with Gasteiger partial charge in [-0.3, -0.25) is 33.8 Å². The Morgan fingerprint density at radius 3 is 1.86 bits per heavy atom. The summed E-state index contributed by atoms with van der Waals surface area (Å²) < 4.78 is 9.73. The molecule has 4 unspecified atom stereocenters. The van der Waals surface area contributed by atoms with Crippen molar-refractivity contribution in [2.75, 3.05) is 98.9 Å². The first-order valence-electron chi connectivity index (χ1n) is 22.4. The number of cyclic esters (lactones) is 1. The molecule has 15 heteroatoms. The lowest BCUT2D eigenvalue weighted by molar-refractivity contribution is -0.141. The lowest BCUT2D eigenvalue weighted by atomic mass is 9.88. The zero-order valence-electron chi connectivity index (χ0n) is 37.2. The molecule has 8 rings (SSSR count). The van der Waals surface area contributed by atoms with Crippen molar-refractivity contribution in [2.45, 2.75) is 112 Å². The molecule has 0 radical (unpaired) electrons. The average molecular weight is 828 g/mol. The minimum Gasteiger partial charge on any atom is -0.465 e. The fourth-order valence-corrected chi connectivity index (χ4v) is 8.93. The van der Waals surface area contributed by atoms with Gasteiger partial charge in [0.05, 0.1) is 25.7 Å². The number of morpholine rings is 1. The van der Waals surface area contributed by atoms with Crippen molar-refractivity contribution < 1.29 is 38.2 Å². The number of piperazine rings is 1. The number of amides is 5. The Morgan fingerprint density at radius 2 is 1.27 bits per heavy atom. The molecule has 0 aromatic heterocycles. The summed E-state index contributed by atoms with van der Waals surface area (Å²) in [6, 6.07) is 0.298. The first-order valence-corrected chi connectivity index (χ1v) is 22.4. The van der Waals surface area contributed by atoms with Crippen LogP contribution in [0.3, 0.4) is 0 Å². The number of likely N-dealkylation sites (tertiary alicyclic amines) is 2. The maximum atomic E-state index is 11.5. The van der Waals surface area contributed by atoms with Gasteiger partial charge in [0.25, 0.3) is 0 Å². The maximum Gasteiger partial charge on any atom is 0.308 e. The van der Waals surface area contributed by atoms with Crippen LogP contribution in [-0.2, 0) is 38.2 Å². The lowest BCUT2D eigenvalue weighted by Crippen LogP contribution is -2.53. The van der Waals surface area contributed by atoms with E-state index in [9.17, 15) is 28.8 Å². The van der Waals surface area contributed by atoms with Crippen LogP contribution in [0, 0.1) is 17.8 Å². The Kier molecular flexibility index (Phi) is 19.3. The lowest BCUT2D eigenvalue weighted by Gasteiger charge is -2.37. The Labute approximate surface area is 352 Å². The molecule has 6 fully saturated rings. The van der Waals surface area contributed by atoms with Gasteiger partial charge in [0, 0.05) is 134 Å². The number of ether oxygens (including phenoxy) is 2. The number of nitrogens with zero attached hydrogens (tertiary/aromatic N) is 7. The molecule has 0 saturated carbocycles. The highest BCUT2D eigenvalue weighted by Gasteiger charge is 2.37. The summed E-state index contributed by atoms with van der Waals surface area (Å²) in [5.41, 5.74) is 3.79. The van der Waals surface area contributed by atoms with Gasteiger partial charge in [0.15, 0.2) is 0 Å². The normalized spacial score (nSPS) is 26.0. The molecule has 15 nitrogen and oxygen atoms in total. The maximum absolute atomic E-state index is 11.5. The summed E-state index contributed by atoms with van der Waals surface area (Å²) in [6.07, 6.45) is 8.07. The molecule has 4 atom stereocenters. The first-order chi connectivity index (χ1) is 28.3. The molecule has 8 aliphatic heterocycles. The van der Waals surface area contributed by atoms with E-state index in [1.165, 1.54) is 36.5 Å².